The van der Waals surface area contributed by atoms with Crippen molar-refractivity contribution in [2.24, 2.45) is 0 Å². The Kier molecular flexibility index (Phi) is 5.42. The van der Waals surface area contributed by atoms with Gasteiger partial charge in [-0.15, -0.1) is 0 Å². The van der Waals surface area contributed by atoms with Gasteiger partial charge in [0, 0.05) is 14.5 Å². The number of ether oxygens (including phenoxy) is 2. The standard InChI is InChI=1S/C16H14Br2O3/c1-3-21-11-5-7-12(14(18)9-11)16(19)13-6-4-10(17)8-15(13)20-2/h4-9H,3H2,1-2H3. The van der Waals surface area contributed by atoms with Crippen LogP contribution in [0.1, 0.15) is 22.8 Å². The second-order valence-electron chi connectivity index (χ2n) is 4.25. The van der Waals surface area contributed by atoms with E-state index in [0.717, 1.165) is 10.2 Å². The number of halogens is 2. The lowest BCUT2D eigenvalue weighted by Gasteiger charge is -2.10. The lowest BCUT2D eigenvalue weighted by molar-refractivity contribution is 0.103. The van der Waals surface area contributed by atoms with Gasteiger partial charge in [0.1, 0.15) is 11.5 Å². The zero-order valence-corrected chi connectivity index (χ0v) is 14.8. The van der Waals surface area contributed by atoms with Crippen LogP contribution >= 0.6 is 31.9 Å². The highest BCUT2D eigenvalue weighted by Crippen LogP contribution is 2.30. The van der Waals surface area contributed by atoms with Gasteiger partial charge in [-0.1, -0.05) is 15.9 Å². The second kappa shape index (κ2) is 7.09. The number of methoxy groups -OCH3 is 1. The van der Waals surface area contributed by atoms with Gasteiger partial charge >= 0.3 is 0 Å². The van der Waals surface area contributed by atoms with Crippen LogP contribution in [0.2, 0.25) is 0 Å². The molecule has 0 spiro atoms. The molecule has 0 unspecified atom stereocenters. The van der Waals surface area contributed by atoms with Crippen LogP contribution in [0.4, 0.5) is 0 Å². The molecule has 0 N–H and O–H groups in total. The van der Waals surface area contributed by atoms with Gasteiger partial charge in [-0.25, -0.2) is 0 Å². The summed E-state index contributed by atoms with van der Waals surface area (Å²) in [6.07, 6.45) is 0. The molecule has 5 heteroatoms. The van der Waals surface area contributed by atoms with E-state index in [1.54, 1.807) is 37.4 Å². The Morgan fingerprint density at radius 1 is 1.10 bits per heavy atom. The average Bonchev–Trinajstić information content (AvgIpc) is 2.47. The van der Waals surface area contributed by atoms with Crippen LogP contribution in [-0.4, -0.2) is 19.5 Å². The lowest BCUT2D eigenvalue weighted by atomic mass is 10.0. The lowest BCUT2D eigenvalue weighted by Crippen LogP contribution is -2.05. The summed E-state index contributed by atoms with van der Waals surface area (Å²) in [6, 6.07) is 10.7. The first-order valence-electron chi connectivity index (χ1n) is 6.37. The molecule has 3 nitrogen and oxygen atoms in total. The van der Waals surface area contributed by atoms with Gasteiger partial charge in [0.25, 0.3) is 0 Å². The first-order chi connectivity index (χ1) is 10.1. The molecule has 0 aliphatic heterocycles. The quantitative estimate of drug-likeness (QED) is 0.657. The zero-order chi connectivity index (χ0) is 15.4. The summed E-state index contributed by atoms with van der Waals surface area (Å²) in [5.74, 6) is 1.16. The summed E-state index contributed by atoms with van der Waals surface area (Å²) in [6.45, 7) is 2.50. The van der Waals surface area contributed by atoms with E-state index in [-0.39, 0.29) is 5.78 Å². The Labute approximate surface area is 140 Å². The van der Waals surface area contributed by atoms with Crippen molar-refractivity contribution in [1.29, 1.82) is 0 Å². The van der Waals surface area contributed by atoms with E-state index >= 15 is 0 Å². The number of hydrogen-bond donors (Lipinski definition) is 0. The third-order valence-electron chi connectivity index (χ3n) is 2.90. The topological polar surface area (TPSA) is 35.5 Å². The van der Waals surface area contributed by atoms with E-state index in [0.29, 0.717) is 28.0 Å². The average molecular weight is 414 g/mol. The first-order valence-corrected chi connectivity index (χ1v) is 7.96. The summed E-state index contributed by atoms with van der Waals surface area (Å²) >= 11 is 6.79. The predicted octanol–water partition coefficient (Wildman–Crippen LogP) is 4.85. The summed E-state index contributed by atoms with van der Waals surface area (Å²) in [5, 5.41) is 0. The molecule has 0 saturated carbocycles. The molecular weight excluding hydrogens is 400 g/mol. The summed E-state index contributed by atoms with van der Waals surface area (Å²) in [5.41, 5.74) is 1.09. The van der Waals surface area contributed by atoms with Crippen molar-refractivity contribution < 1.29 is 14.3 Å². The molecular formula is C16H14Br2O3. The number of rotatable bonds is 5. The number of hydrogen-bond acceptors (Lipinski definition) is 3. The zero-order valence-electron chi connectivity index (χ0n) is 11.7. The molecule has 0 aromatic heterocycles. The van der Waals surface area contributed by atoms with Crippen LogP contribution in [0, 0.1) is 0 Å². The molecule has 0 aliphatic carbocycles. The van der Waals surface area contributed by atoms with Crippen LogP contribution in [0.15, 0.2) is 45.3 Å². The van der Waals surface area contributed by atoms with E-state index in [2.05, 4.69) is 31.9 Å². The molecule has 0 amide bonds. The molecule has 0 radical (unpaired) electrons. The predicted molar refractivity (Wildman–Crippen MR) is 89.4 cm³/mol. The molecule has 2 aromatic carbocycles. The van der Waals surface area contributed by atoms with E-state index in [4.69, 9.17) is 9.47 Å². The molecule has 110 valence electrons. The maximum atomic E-state index is 12.7. The molecule has 0 atom stereocenters. The minimum absolute atomic E-state index is 0.103. The fraction of sp³-hybridized carbons (Fsp3) is 0.188. The van der Waals surface area contributed by atoms with Gasteiger partial charge in [-0.3, -0.25) is 4.79 Å². The molecule has 0 fully saturated rings. The number of carbonyl (C=O) groups is 1. The number of benzene rings is 2. The molecule has 0 bridgehead atoms. The highest BCUT2D eigenvalue weighted by molar-refractivity contribution is 9.10. The minimum atomic E-state index is -0.103. The normalized spacial score (nSPS) is 10.3. The molecule has 2 aromatic rings. The molecule has 2 rings (SSSR count). The van der Waals surface area contributed by atoms with Crippen molar-refractivity contribution in [2.45, 2.75) is 6.92 Å². The van der Waals surface area contributed by atoms with Crippen molar-refractivity contribution in [3.8, 4) is 11.5 Å². The third kappa shape index (κ3) is 3.66. The first kappa shape index (κ1) is 16.0. The smallest absolute Gasteiger partial charge is 0.197 e. The molecule has 21 heavy (non-hydrogen) atoms. The van der Waals surface area contributed by atoms with Crippen molar-refractivity contribution in [3.05, 3.63) is 56.5 Å². The molecule has 0 heterocycles. The van der Waals surface area contributed by atoms with Crippen molar-refractivity contribution >= 4 is 37.6 Å². The van der Waals surface area contributed by atoms with Crippen LogP contribution in [0.5, 0.6) is 11.5 Å². The van der Waals surface area contributed by atoms with E-state index in [1.165, 1.54) is 0 Å². The van der Waals surface area contributed by atoms with Gasteiger partial charge < -0.3 is 9.47 Å². The monoisotopic (exact) mass is 412 g/mol. The van der Waals surface area contributed by atoms with E-state index < -0.39 is 0 Å². The van der Waals surface area contributed by atoms with Crippen LogP contribution in [-0.2, 0) is 0 Å². The minimum Gasteiger partial charge on any atom is -0.496 e. The van der Waals surface area contributed by atoms with Crippen LogP contribution < -0.4 is 9.47 Å². The van der Waals surface area contributed by atoms with E-state index in [1.807, 2.05) is 13.0 Å². The van der Waals surface area contributed by atoms with E-state index in [9.17, 15) is 4.79 Å². The maximum absolute atomic E-state index is 12.7. The summed E-state index contributed by atoms with van der Waals surface area (Å²) < 4.78 is 12.3. The fourth-order valence-corrected chi connectivity index (χ4v) is 2.81. The Balaban J connectivity index is 2.40. The SMILES string of the molecule is CCOc1ccc(C(=O)c2ccc(Br)cc2OC)c(Br)c1. The number of ketones is 1. The van der Waals surface area contributed by atoms with Crippen molar-refractivity contribution in [1.82, 2.24) is 0 Å². The molecule has 0 saturated heterocycles. The summed E-state index contributed by atoms with van der Waals surface area (Å²) in [7, 11) is 1.55. The van der Waals surface area contributed by atoms with Gasteiger partial charge in [-0.2, -0.15) is 0 Å². The fourth-order valence-electron chi connectivity index (χ4n) is 1.93. The van der Waals surface area contributed by atoms with Crippen LogP contribution in [0.3, 0.4) is 0 Å². The second-order valence-corrected chi connectivity index (χ2v) is 6.02. The summed E-state index contributed by atoms with van der Waals surface area (Å²) in [4.78, 5) is 12.7. The Hall–Kier alpha value is -1.33. The van der Waals surface area contributed by atoms with Gasteiger partial charge in [0.05, 0.1) is 19.3 Å². The molecule has 0 aliphatic rings. The highest BCUT2D eigenvalue weighted by atomic mass is 79.9. The van der Waals surface area contributed by atoms with Crippen LogP contribution in [0.25, 0.3) is 0 Å². The maximum Gasteiger partial charge on any atom is 0.197 e. The highest BCUT2D eigenvalue weighted by Gasteiger charge is 2.17. The van der Waals surface area contributed by atoms with Gasteiger partial charge in [0.15, 0.2) is 5.78 Å². The van der Waals surface area contributed by atoms with Crippen molar-refractivity contribution in [2.75, 3.05) is 13.7 Å². The van der Waals surface area contributed by atoms with Gasteiger partial charge in [0.2, 0.25) is 0 Å². The Bertz CT molecular complexity index is 669. The van der Waals surface area contributed by atoms with Crippen molar-refractivity contribution in [3.63, 3.8) is 0 Å². The third-order valence-corrected chi connectivity index (χ3v) is 4.05. The Morgan fingerprint density at radius 3 is 2.43 bits per heavy atom. The number of carbonyl (C=O) groups excluding carboxylic acids is 1. The Morgan fingerprint density at radius 2 is 1.81 bits per heavy atom. The largest absolute Gasteiger partial charge is 0.496 e. The van der Waals surface area contributed by atoms with Gasteiger partial charge in [-0.05, 0) is 59.3 Å².